The van der Waals surface area contributed by atoms with Gasteiger partial charge in [-0.3, -0.25) is 0 Å². The van der Waals surface area contributed by atoms with Crippen molar-refractivity contribution in [3.63, 3.8) is 0 Å². The van der Waals surface area contributed by atoms with E-state index in [0.29, 0.717) is 6.54 Å². The zero-order valence-electron chi connectivity index (χ0n) is 11.5. The number of hydrogen-bond donors (Lipinski definition) is 1. The van der Waals surface area contributed by atoms with Crippen molar-refractivity contribution in [2.45, 2.75) is 46.6 Å². The number of nitrogens with zero attached hydrogens (tertiary/aromatic N) is 1. The molecule has 0 fully saturated rings. The van der Waals surface area contributed by atoms with Gasteiger partial charge in [0.05, 0.1) is 0 Å². The molecule has 4 nitrogen and oxygen atoms in total. The number of alkyl halides is 1. The highest BCUT2D eigenvalue weighted by molar-refractivity contribution is 9.09. The zero-order valence-corrected chi connectivity index (χ0v) is 13.9. The summed E-state index contributed by atoms with van der Waals surface area (Å²) in [5, 5.41) is 0.806. The first-order chi connectivity index (χ1) is 7.74. The lowest BCUT2D eigenvalue weighted by molar-refractivity contribution is 0.303. The molecule has 0 unspecified atom stereocenters. The van der Waals surface area contributed by atoms with Crippen molar-refractivity contribution >= 4 is 26.1 Å². The Labute approximate surface area is 114 Å². The van der Waals surface area contributed by atoms with Gasteiger partial charge in [0.15, 0.2) is 0 Å². The van der Waals surface area contributed by atoms with E-state index in [2.05, 4.69) is 34.5 Å². The van der Waals surface area contributed by atoms with Gasteiger partial charge in [0.25, 0.3) is 10.2 Å². The second-order valence-corrected chi connectivity index (χ2v) is 7.15. The van der Waals surface area contributed by atoms with Crippen LogP contribution < -0.4 is 4.72 Å². The predicted octanol–water partition coefficient (Wildman–Crippen LogP) is 2.36. The molecular weight excluding hydrogens is 304 g/mol. The monoisotopic (exact) mass is 328 g/mol. The van der Waals surface area contributed by atoms with Crippen LogP contribution in [-0.2, 0) is 10.2 Å². The Balaban J connectivity index is 4.65. The lowest BCUT2D eigenvalue weighted by Gasteiger charge is -2.31. The highest BCUT2D eigenvalue weighted by Gasteiger charge is 2.28. The summed E-state index contributed by atoms with van der Waals surface area (Å²) in [6, 6.07) is -0.0332. The van der Waals surface area contributed by atoms with Crippen molar-refractivity contribution in [1.29, 1.82) is 0 Å². The Morgan fingerprint density at radius 1 is 1.29 bits per heavy atom. The van der Waals surface area contributed by atoms with Gasteiger partial charge < -0.3 is 0 Å². The Kier molecular flexibility index (Phi) is 7.21. The van der Waals surface area contributed by atoms with Crippen molar-refractivity contribution in [3.05, 3.63) is 0 Å². The quantitative estimate of drug-likeness (QED) is 0.695. The molecule has 1 N–H and O–H groups in total. The van der Waals surface area contributed by atoms with Crippen LogP contribution in [-0.4, -0.2) is 37.7 Å². The van der Waals surface area contributed by atoms with Gasteiger partial charge in [-0.05, 0) is 32.1 Å². The van der Waals surface area contributed by atoms with Crippen LogP contribution in [0.3, 0.4) is 0 Å². The highest BCUT2D eigenvalue weighted by Crippen LogP contribution is 2.28. The summed E-state index contributed by atoms with van der Waals surface area (Å²) in [5.74, 6) is 0. The summed E-state index contributed by atoms with van der Waals surface area (Å²) in [6.07, 6.45) is 1.89. The second-order valence-electron chi connectivity index (χ2n) is 4.78. The number of rotatable bonds is 8. The van der Waals surface area contributed by atoms with Crippen LogP contribution in [0.25, 0.3) is 0 Å². The van der Waals surface area contributed by atoms with Crippen LogP contribution in [0.4, 0.5) is 0 Å². The molecule has 0 saturated heterocycles. The third-order valence-corrected chi connectivity index (χ3v) is 6.40. The van der Waals surface area contributed by atoms with E-state index >= 15 is 0 Å². The first-order valence-electron chi connectivity index (χ1n) is 6.03. The normalized spacial score (nSPS) is 13.6. The first-order valence-corrected chi connectivity index (χ1v) is 8.59. The maximum atomic E-state index is 12.0. The summed E-state index contributed by atoms with van der Waals surface area (Å²) in [5.41, 5.74) is 0.00485. The summed E-state index contributed by atoms with van der Waals surface area (Å²) in [7, 11) is -1.76. The topological polar surface area (TPSA) is 49.4 Å². The molecule has 0 aromatic rings. The SMILES string of the molecule is CCC(CC)(CBr)CNS(=O)(=O)N(C)C(C)C. The number of nitrogens with one attached hydrogen (secondary N) is 1. The minimum atomic E-state index is -3.36. The van der Waals surface area contributed by atoms with Crippen molar-refractivity contribution < 1.29 is 8.42 Å². The van der Waals surface area contributed by atoms with Gasteiger partial charge >= 0.3 is 0 Å². The van der Waals surface area contributed by atoms with Gasteiger partial charge in [0.2, 0.25) is 0 Å². The average molecular weight is 329 g/mol. The Bertz CT molecular complexity index is 305. The minimum Gasteiger partial charge on any atom is -0.202 e. The second kappa shape index (κ2) is 7.07. The van der Waals surface area contributed by atoms with E-state index in [4.69, 9.17) is 0 Å². The molecule has 0 amide bonds. The summed E-state index contributed by atoms with van der Waals surface area (Å²) in [6.45, 7) is 8.37. The van der Waals surface area contributed by atoms with Crippen molar-refractivity contribution in [2.75, 3.05) is 18.9 Å². The van der Waals surface area contributed by atoms with Gasteiger partial charge in [-0.15, -0.1) is 0 Å². The van der Waals surface area contributed by atoms with Crippen LogP contribution in [0.15, 0.2) is 0 Å². The lowest BCUT2D eigenvalue weighted by atomic mass is 9.85. The standard InChI is InChI=1S/C11H25BrN2O2S/c1-6-11(7-2,8-12)9-13-17(15,16)14(5)10(3)4/h10,13H,6-9H2,1-5H3. The number of hydrogen-bond acceptors (Lipinski definition) is 2. The smallest absolute Gasteiger partial charge is 0.202 e. The van der Waals surface area contributed by atoms with E-state index in [1.807, 2.05) is 13.8 Å². The molecule has 0 aliphatic carbocycles. The maximum absolute atomic E-state index is 12.0. The average Bonchev–Trinajstić information content (AvgIpc) is 2.30. The van der Waals surface area contributed by atoms with E-state index in [-0.39, 0.29) is 11.5 Å². The molecule has 0 bridgehead atoms. The molecule has 0 aromatic heterocycles. The van der Waals surface area contributed by atoms with E-state index in [1.165, 1.54) is 4.31 Å². The summed E-state index contributed by atoms with van der Waals surface area (Å²) in [4.78, 5) is 0. The van der Waals surface area contributed by atoms with E-state index < -0.39 is 10.2 Å². The fourth-order valence-corrected chi connectivity index (χ4v) is 3.60. The van der Waals surface area contributed by atoms with Gasteiger partial charge in [0, 0.05) is 25.0 Å². The molecule has 0 aliphatic rings. The van der Waals surface area contributed by atoms with Crippen LogP contribution in [0.5, 0.6) is 0 Å². The van der Waals surface area contributed by atoms with Crippen LogP contribution >= 0.6 is 15.9 Å². The highest BCUT2D eigenvalue weighted by atomic mass is 79.9. The third-order valence-electron chi connectivity index (χ3n) is 3.52. The van der Waals surface area contributed by atoms with E-state index in [0.717, 1.165) is 18.2 Å². The summed E-state index contributed by atoms with van der Waals surface area (Å²) >= 11 is 3.48. The predicted molar refractivity (Wildman–Crippen MR) is 76.6 cm³/mol. The van der Waals surface area contributed by atoms with Crippen LogP contribution in [0, 0.1) is 5.41 Å². The molecule has 104 valence electrons. The van der Waals surface area contributed by atoms with Gasteiger partial charge in [-0.25, -0.2) is 4.72 Å². The van der Waals surface area contributed by atoms with Crippen molar-refractivity contribution in [2.24, 2.45) is 5.41 Å². The molecular formula is C11H25BrN2O2S. The summed E-state index contributed by atoms with van der Waals surface area (Å²) < 4.78 is 28.0. The van der Waals surface area contributed by atoms with Gasteiger partial charge in [-0.1, -0.05) is 29.8 Å². The maximum Gasteiger partial charge on any atom is 0.279 e. The van der Waals surface area contributed by atoms with Gasteiger partial charge in [0.1, 0.15) is 0 Å². The molecule has 0 aliphatic heterocycles. The lowest BCUT2D eigenvalue weighted by Crippen LogP contribution is -2.46. The van der Waals surface area contributed by atoms with Crippen molar-refractivity contribution in [1.82, 2.24) is 9.03 Å². The molecule has 0 saturated carbocycles. The van der Waals surface area contributed by atoms with E-state index in [1.54, 1.807) is 7.05 Å². The molecule has 17 heavy (non-hydrogen) atoms. The molecule has 6 heteroatoms. The first kappa shape index (κ1) is 17.4. The molecule has 0 rings (SSSR count). The third kappa shape index (κ3) is 4.85. The van der Waals surface area contributed by atoms with Crippen molar-refractivity contribution in [3.8, 4) is 0 Å². The largest absolute Gasteiger partial charge is 0.279 e. The number of halogens is 1. The molecule has 0 spiro atoms. The van der Waals surface area contributed by atoms with Gasteiger partial charge in [-0.2, -0.15) is 12.7 Å². The fraction of sp³-hybridized carbons (Fsp3) is 1.00. The molecule has 0 atom stereocenters. The molecule has 0 aromatic carbocycles. The molecule has 0 heterocycles. The molecule has 0 radical (unpaired) electrons. The van der Waals surface area contributed by atoms with E-state index in [9.17, 15) is 8.42 Å². The Morgan fingerprint density at radius 2 is 1.76 bits per heavy atom. The van der Waals surface area contributed by atoms with Crippen LogP contribution in [0.2, 0.25) is 0 Å². The Morgan fingerprint density at radius 3 is 2.06 bits per heavy atom. The minimum absolute atomic E-state index is 0.00485. The Hall–Kier alpha value is 0.350. The van der Waals surface area contributed by atoms with Crippen LogP contribution in [0.1, 0.15) is 40.5 Å². The zero-order chi connectivity index (χ0) is 13.7. The fourth-order valence-electron chi connectivity index (χ4n) is 1.36.